The number of nitrogens with one attached hydrogen (secondary N) is 1. The number of nitrogens with zero attached hydrogens (tertiary/aromatic N) is 2. The molecular weight excluding hydrogens is 545 g/mol. The number of rotatable bonds is 11. The molecule has 1 aliphatic heterocycles. The van der Waals surface area contributed by atoms with E-state index in [0.717, 1.165) is 23.2 Å². The first-order valence-electron chi connectivity index (χ1n) is 13.0. The average Bonchev–Trinajstić information content (AvgIpc) is 2.97. The lowest BCUT2D eigenvalue weighted by molar-refractivity contribution is -0.143. The predicted molar refractivity (Wildman–Crippen MR) is 145 cm³/mol. The van der Waals surface area contributed by atoms with Gasteiger partial charge in [0.25, 0.3) is 0 Å². The highest BCUT2D eigenvalue weighted by molar-refractivity contribution is 7.99. The third-order valence-electron chi connectivity index (χ3n) is 7.67. The molecule has 0 saturated carbocycles. The largest absolute Gasteiger partial charge is 0.497 e. The van der Waals surface area contributed by atoms with E-state index in [1.807, 2.05) is 0 Å². The fourth-order valence-corrected chi connectivity index (χ4v) is 6.30. The van der Waals surface area contributed by atoms with E-state index in [2.05, 4.69) is 9.88 Å². The molecule has 1 unspecified atom stereocenters. The maximum Gasteiger partial charge on any atom is 0.249 e. The summed E-state index contributed by atoms with van der Waals surface area (Å²) >= 11 is 1.03. The van der Waals surface area contributed by atoms with Crippen LogP contribution in [0.25, 0.3) is 10.9 Å². The standard InChI is InChI=1S/C28H33F3N4O4S/c1-39-19-2-3-22-20(14-19)25(17(15-32)16-33-22)23(36)4-5-28(27(37)34-38)6-8-35(9-7-28)10-11-40-24-13-18(29)12-21(30)26(24)31/h2-3,12-14,16,23,36,38H,4-11,15,32H2,1H3,(H,34,37). The van der Waals surface area contributed by atoms with Gasteiger partial charge in [-0.25, -0.2) is 18.7 Å². The number of aliphatic hydroxyl groups excluding tert-OH is 1. The van der Waals surface area contributed by atoms with Crippen molar-refractivity contribution >= 4 is 28.6 Å². The second-order valence-electron chi connectivity index (χ2n) is 9.95. The molecule has 2 aromatic carbocycles. The van der Waals surface area contributed by atoms with Gasteiger partial charge in [-0.15, -0.1) is 11.8 Å². The summed E-state index contributed by atoms with van der Waals surface area (Å²) in [4.78, 5) is 19.3. The van der Waals surface area contributed by atoms with Crippen molar-refractivity contribution in [3.63, 3.8) is 0 Å². The van der Waals surface area contributed by atoms with Crippen LogP contribution >= 0.6 is 11.8 Å². The van der Waals surface area contributed by atoms with Gasteiger partial charge in [0.15, 0.2) is 11.6 Å². The molecule has 4 rings (SSSR count). The van der Waals surface area contributed by atoms with Crippen molar-refractivity contribution in [2.24, 2.45) is 11.1 Å². The summed E-state index contributed by atoms with van der Waals surface area (Å²) < 4.78 is 46.2. The van der Waals surface area contributed by atoms with Crippen LogP contribution in [0.4, 0.5) is 13.2 Å². The number of thioether (sulfide) groups is 1. The van der Waals surface area contributed by atoms with Crippen LogP contribution in [0.3, 0.4) is 0 Å². The number of hydroxylamine groups is 1. The molecule has 2 heterocycles. The zero-order valence-electron chi connectivity index (χ0n) is 22.1. The van der Waals surface area contributed by atoms with Gasteiger partial charge in [-0.1, -0.05) is 0 Å². The Hall–Kier alpha value is -2.90. The summed E-state index contributed by atoms with van der Waals surface area (Å²) in [6, 6.07) is 6.87. The number of hydrogen-bond acceptors (Lipinski definition) is 8. The Morgan fingerprint density at radius 1 is 1.25 bits per heavy atom. The van der Waals surface area contributed by atoms with E-state index in [4.69, 9.17) is 10.5 Å². The Labute approximate surface area is 234 Å². The van der Waals surface area contributed by atoms with Crippen molar-refractivity contribution in [2.45, 2.75) is 43.2 Å². The smallest absolute Gasteiger partial charge is 0.249 e. The normalized spacial score (nSPS) is 16.2. The highest BCUT2D eigenvalue weighted by Gasteiger charge is 2.41. The number of piperidine rings is 1. The van der Waals surface area contributed by atoms with Crippen molar-refractivity contribution in [3.05, 3.63) is 65.1 Å². The number of carbonyl (C=O) groups is 1. The molecule has 40 heavy (non-hydrogen) atoms. The molecule has 1 aliphatic rings. The van der Waals surface area contributed by atoms with E-state index in [1.165, 1.54) is 0 Å². The van der Waals surface area contributed by atoms with Crippen LogP contribution in [0.5, 0.6) is 5.75 Å². The van der Waals surface area contributed by atoms with Crippen molar-refractivity contribution in [2.75, 3.05) is 32.5 Å². The monoisotopic (exact) mass is 578 g/mol. The van der Waals surface area contributed by atoms with E-state index in [0.29, 0.717) is 73.1 Å². The fraction of sp³-hybridized carbons (Fsp3) is 0.429. The molecular formula is C28H33F3N4O4S. The van der Waals surface area contributed by atoms with Gasteiger partial charge in [0.05, 0.1) is 24.1 Å². The molecule has 1 amide bonds. The van der Waals surface area contributed by atoms with Gasteiger partial charge in [0, 0.05) is 41.4 Å². The van der Waals surface area contributed by atoms with Crippen LogP contribution in [-0.4, -0.2) is 58.6 Å². The van der Waals surface area contributed by atoms with Crippen LogP contribution in [0, 0.1) is 22.9 Å². The third kappa shape index (κ3) is 6.52. The molecule has 0 aliphatic carbocycles. The van der Waals surface area contributed by atoms with E-state index < -0.39 is 34.9 Å². The van der Waals surface area contributed by atoms with Crippen molar-refractivity contribution in [1.29, 1.82) is 0 Å². The number of halogens is 3. The number of aromatic nitrogens is 1. The van der Waals surface area contributed by atoms with Gasteiger partial charge in [-0.2, -0.15) is 0 Å². The highest BCUT2D eigenvalue weighted by Crippen LogP contribution is 2.40. The molecule has 1 aromatic heterocycles. The van der Waals surface area contributed by atoms with Crippen LogP contribution < -0.4 is 16.0 Å². The van der Waals surface area contributed by atoms with Gasteiger partial charge in [0.1, 0.15) is 11.6 Å². The van der Waals surface area contributed by atoms with Gasteiger partial charge in [-0.05, 0) is 74.2 Å². The Kier molecular flexibility index (Phi) is 9.90. The number of hydrogen-bond donors (Lipinski definition) is 4. The van der Waals surface area contributed by atoms with Gasteiger partial charge >= 0.3 is 0 Å². The Bertz CT molecular complexity index is 1350. The van der Waals surface area contributed by atoms with Crippen LogP contribution in [-0.2, 0) is 11.3 Å². The van der Waals surface area contributed by atoms with Crippen molar-refractivity contribution in [1.82, 2.24) is 15.4 Å². The second-order valence-corrected chi connectivity index (χ2v) is 11.1. The third-order valence-corrected chi connectivity index (χ3v) is 8.66. The second kappa shape index (κ2) is 13.2. The molecule has 5 N–H and O–H groups in total. The SMILES string of the molecule is COc1ccc2ncc(CN)c(C(O)CCC3(C(=O)NO)CCN(CCSc4cc(F)cc(F)c4F)CC3)c2c1. The lowest BCUT2D eigenvalue weighted by Gasteiger charge is -2.40. The van der Waals surface area contributed by atoms with E-state index in [9.17, 15) is 28.3 Å². The molecule has 216 valence electrons. The van der Waals surface area contributed by atoms with Crippen LogP contribution in [0.2, 0.25) is 0 Å². The summed E-state index contributed by atoms with van der Waals surface area (Å²) in [6.45, 7) is 1.74. The van der Waals surface area contributed by atoms with E-state index >= 15 is 0 Å². The Balaban J connectivity index is 1.42. The number of aliphatic hydroxyl groups is 1. The van der Waals surface area contributed by atoms with E-state index in [-0.39, 0.29) is 17.9 Å². The minimum atomic E-state index is -1.22. The number of fused-ring (bicyclic) bond motifs is 1. The van der Waals surface area contributed by atoms with Crippen molar-refractivity contribution in [3.8, 4) is 5.75 Å². The Morgan fingerprint density at radius 2 is 2.00 bits per heavy atom. The first-order valence-corrected chi connectivity index (χ1v) is 14.0. The summed E-state index contributed by atoms with van der Waals surface area (Å²) in [6.07, 6.45) is 2.12. The minimum Gasteiger partial charge on any atom is -0.497 e. The predicted octanol–water partition coefficient (Wildman–Crippen LogP) is 4.31. The molecule has 3 aromatic rings. The maximum atomic E-state index is 13.9. The molecule has 1 fully saturated rings. The van der Waals surface area contributed by atoms with Gasteiger partial charge < -0.3 is 20.5 Å². The van der Waals surface area contributed by atoms with Gasteiger partial charge in [-0.3, -0.25) is 15.0 Å². The number of benzene rings is 2. The lowest BCUT2D eigenvalue weighted by atomic mass is 9.73. The zero-order chi connectivity index (χ0) is 28.9. The zero-order valence-corrected chi connectivity index (χ0v) is 22.9. The molecule has 0 spiro atoms. The van der Waals surface area contributed by atoms with Crippen molar-refractivity contribution < 1.29 is 33.0 Å². The lowest BCUT2D eigenvalue weighted by Crippen LogP contribution is -2.48. The molecule has 1 atom stereocenters. The molecule has 0 radical (unpaired) electrons. The van der Waals surface area contributed by atoms with E-state index in [1.54, 1.807) is 37.0 Å². The Morgan fingerprint density at radius 3 is 2.67 bits per heavy atom. The topological polar surface area (TPSA) is 121 Å². The maximum absolute atomic E-state index is 13.9. The van der Waals surface area contributed by atoms with Gasteiger partial charge in [0.2, 0.25) is 5.91 Å². The molecule has 8 nitrogen and oxygen atoms in total. The molecule has 0 bridgehead atoms. The minimum absolute atomic E-state index is 0.0874. The summed E-state index contributed by atoms with van der Waals surface area (Å²) in [7, 11) is 1.55. The molecule has 12 heteroatoms. The molecule has 1 saturated heterocycles. The number of likely N-dealkylation sites (tertiary alicyclic amines) is 1. The van der Waals surface area contributed by atoms with Crippen LogP contribution in [0.15, 0.2) is 41.4 Å². The number of pyridine rings is 1. The number of ether oxygens (including phenoxy) is 1. The quantitative estimate of drug-likeness (QED) is 0.115. The highest BCUT2D eigenvalue weighted by atomic mass is 32.2. The number of methoxy groups -OCH3 is 1. The first kappa shape index (κ1) is 30.1. The summed E-state index contributed by atoms with van der Waals surface area (Å²) in [5, 5.41) is 21.5. The summed E-state index contributed by atoms with van der Waals surface area (Å²) in [5.41, 5.74) is 8.87. The number of nitrogens with two attached hydrogens (primary N) is 1. The number of carbonyl (C=O) groups excluding carboxylic acids is 1. The van der Waals surface area contributed by atoms with Crippen LogP contribution in [0.1, 0.15) is 42.9 Å². The number of amides is 1. The first-order chi connectivity index (χ1) is 19.2. The average molecular weight is 579 g/mol. The fourth-order valence-electron chi connectivity index (χ4n) is 5.31. The summed E-state index contributed by atoms with van der Waals surface area (Å²) in [5.74, 6) is -2.62.